The van der Waals surface area contributed by atoms with Crippen molar-refractivity contribution in [3.8, 4) is 0 Å². The van der Waals surface area contributed by atoms with Crippen LogP contribution in [0.5, 0.6) is 0 Å². The first-order valence-corrected chi connectivity index (χ1v) is 6.69. The molecule has 0 saturated carbocycles. The lowest BCUT2D eigenvalue weighted by atomic mass is 10.0. The SMILES string of the molecule is CC1CCC(C(Cc2cncc(Br)c2)NN)O1. The maximum absolute atomic E-state index is 5.84. The molecule has 2 heterocycles. The molecule has 1 aliphatic rings. The molecule has 0 bridgehead atoms. The molecule has 1 aromatic heterocycles. The Labute approximate surface area is 110 Å². The molecule has 2 rings (SSSR count). The van der Waals surface area contributed by atoms with E-state index in [9.17, 15) is 0 Å². The number of hydrogen-bond donors (Lipinski definition) is 2. The van der Waals surface area contributed by atoms with Crippen molar-refractivity contribution in [3.05, 3.63) is 28.5 Å². The van der Waals surface area contributed by atoms with Gasteiger partial charge in [-0.2, -0.15) is 0 Å². The number of pyridine rings is 1. The lowest BCUT2D eigenvalue weighted by molar-refractivity contribution is 0.0320. The normalized spacial score (nSPS) is 26.1. The van der Waals surface area contributed by atoms with Gasteiger partial charge in [-0.15, -0.1) is 0 Å². The van der Waals surface area contributed by atoms with Crippen molar-refractivity contribution in [2.24, 2.45) is 5.84 Å². The van der Waals surface area contributed by atoms with Gasteiger partial charge >= 0.3 is 0 Å². The molecule has 1 saturated heterocycles. The van der Waals surface area contributed by atoms with Crippen LogP contribution in [0.1, 0.15) is 25.3 Å². The maximum atomic E-state index is 5.84. The third-order valence-electron chi connectivity index (χ3n) is 3.14. The van der Waals surface area contributed by atoms with Gasteiger partial charge in [0.05, 0.1) is 18.2 Å². The highest BCUT2D eigenvalue weighted by Gasteiger charge is 2.29. The fourth-order valence-electron chi connectivity index (χ4n) is 2.25. The van der Waals surface area contributed by atoms with Crippen LogP contribution in [0.3, 0.4) is 0 Å². The van der Waals surface area contributed by atoms with E-state index in [2.05, 4.69) is 39.3 Å². The molecule has 17 heavy (non-hydrogen) atoms. The summed E-state index contributed by atoms with van der Waals surface area (Å²) in [4.78, 5) is 4.16. The van der Waals surface area contributed by atoms with Gasteiger partial charge in [-0.25, -0.2) is 0 Å². The molecule has 0 aromatic carbocycles. The summed E-state index contributed by atoms with van der Waals surface area (Å²) in [6.07, 6.45) is 7.21. The zero-order valence-electron chi connectivity index (χ0n) is 9.90. The van der Waals surface area contributed by atoms with Gasteiger partial charge < -0.3 is 4.74 Å². The van der Waals surface area contributed by atoms with Crippen LogP contribution in [-0.4, -0.2) is 23.2 Å². The summed E-state index contributed by atoms with van der Waals surface area (Å²) in [5.41, 5.74) is 4.02. The number of hydrazine groups is 1. The molecular weight excluding hydrogens is 282 g/mol. The number of nitrogens with two attached hydrogens (primary N) is 1. The Morgan fingerprint density at radius 2 is 2.41 bits per heavy atom. The van der Waals surface area contributed by atoms with Gasteiger partial charge in [0, 0.05) is 16.9 Å². The standard InChI is InChI=1S/C12H18BrN3O/c1-8-2-3-12(17-8)11(16-14)5-9-4-10(13)7-15-6-9/h4,6-8,11-12,16H,2-3,5,14H2,1H3. The van der Waals surface area contributed by atoms with Gasteiger partial charge in [-0.3, -0.25) is 16.3 Å². The zero-order chi connectivity index (χ0) is 12.3. The van der Waals surface area contributed by atoms with Crippen molar-refractivity contribution in [3.63, 3.8) is 0 Å². The molecule has 0 radical (unpaired) electrons. The Hall–Kier alpha value is -0.490. The minimum Gasteiger partial charge on any atom is -0.374 e. The third-order valence-corrected chi connectivity index (χ3v) is 3.58. The first-order valence-electron chi connectivity index (χ1n) is 5.90. The van der Waals surface area contributed by atoms with Crippen LogP contribution in [0.4, 0.5) is 0 Å². The molecule has 1 fully saturated rings. The van der Waals surface area contributed by atoms with Crippen LogP contribution in [0, 0.1) is 0 Å². The zero-order valence-corrected chi connectivity index (χ0v) is 11.5. The Morgan fingerprint density at radius 1 is 1.59 bits per heavy atom. The number of rotatable bonds is 4. The second-order valence-electron chi connectivity index (χ2n) is 4.55. The van der Waals surface area contributed by atoms with E-state index in [1.807, 2.05) is 6.20 Å². The van der Waals surface area contributed by atoms with Crippen LogP contribution >= 0.6 is 15.9 Å². The second-order valence-corrected chi connectivity index (χ2v) is 5.47. The van der Waals surface area contributed by atoms with Crippen molar-refractivity contribution in [1.82, 2.24) is 10.4 Å². The minimum atomic E-state index is 0.149. The summed E-state index contributed by atoms with van der Waals surface area (Å²) in [5.74, 6) is 5.62. The molecular formula is C12H18BrN3O. The predicted molar refractivity (Wildman–Crippen MR) is 70.3 cm³/mol. The highest BCUT2D eigenvalue weighted by atomic mass is 79.9. The Kier molecular flexibility index (Phi) is 4.50. The van der Waals surface area contributed by atoms with Gasteiger partial charge in [-0.05, 0) is 53.7 Å². The van der Waals surface area contributed by atoms with E-state index < -0.39 is 0 Å². The lowest BCUT2D eigenvalue weighted by Crippen LogP contribution is -2.45. The van der Waals surface area contributed by atoms with E-state index >= 15 is 0 Å². The van der Waals surface area contributed by atoms with E-state index in [4.69, 9.17) is 10.6 Å². The predicted octanol–water partition coefficient (Wildman–Crippen LogP) is 1.79. The molecule has 1 aromatic rings. The molecule has 1 aliphatic heterocycles. The highest BCUT2D eigenvalue weighted by Crippen LogP contribution is 2.23. The van der Waals surface area contributed by atoms with Gasteiger partial charge in [0.2, 0.25) is 0 Å². The Balaban J connectivity index is 2.00. The van der Waals surface area contributed by atoms with Crippen molar-refractivity contribution in [1.29, 1.82) is 0 Å². The molecule has 0 aliphatic carbocycles. The van der Waals surface area contributed by atoms with Gasteiger partial charge in [0.25, 0.3) is 0 Å². The maximum Gasteiger partial charge on any atom is 0.0749 e. The quantitative estimate of drug-likeness (QED) is 0.657. The first kappa shape index (κ1) is 13.0. The Bertz CT molecular complexity index is 375. The molecule has 5 heteroatoms. The van der Waals surface area contributed by atoms with Crippen LogP contribution in [0.2, 0.25) is 0 Å². The number of halogens is 1. The van der Waals surface area contributed by atoms with Gasteiger partial charge in [0.15, 0.2) is 0 Å². The summed E-state index contributed by atoms with van der Waals surface area (Å²) in [7, 11) is 0. The van der Waals surface area contributed by atoms with E-state index in [0.717, 1.165) is 29.3 Å². The fourth-order valence-corrected chi connectivity index (χ4v) is 2.66. The van der Waals surface area contributed by atoms with E-state index in [1.165, 1.54) is 0 Å². The molecule has 0 spiro atoms. The average molecular weight is 300 g/mol. The summed E-state index contributed by atoms with van der Waals surface area (Å²) in [6.45, 7) is 2.11. The molecule has 94 valence electrons. The smallest absolute Gasteiger partial charge is 0.0749 e. The summed E-state index contributed by atoms with van der Waals surface area (Å²) < 4.78 is 6.83. The molecule has 3 N–H and O–H groups in total. The van der Waals surface area contributed by atoms with Crippen LogP contribution in [-0.2, 0) is 11.2 Å². The topological polar surface area (TPSA) is 60.2 Å². The van der Waals surface area contributed by atoms with Crippen LogP contribution in [0.25, 0.3) is 0 Å². The monoisotopic (exact) mass is 299 g/mol. The van der Waals surface area contributed by atoms with Gasteiger partial charge in [-0.1, -0.05) is 0 Å². The van der Waals surface area contributed by atoms with E-state index in [0.29, 0.717) is 6.10 Å². The molecule has 0 amide bonds. The third kappa shape index (κ3) is 3.48. The number of nitrogens with one attached hydrogen (secondary N) is 1. The minimum absolute atomic E-state index is 0.149. The number of nitrogens with zero attached hydrogens (tertiary/aromatic N) is 1. The van der Waals surface area contributed by atoms with E-state index in [1.54, 1.807) is 6.20 Å². The summed E-state index contributed by atoms with van der Waals surface area (Å²) in [5, 5.41) is 0. The van der Waals surface area contributed by atoms with Gasteiger partial charge in [0.1, 0.15) is 0 Å². The number of ether oxygens (including phenoxy) is 1. The number of hydrogen-bond acceptors (Lipinski definition) is 4. The van der Waals surface area contributed by atoms with Crippen LogP contribution < -0.4 is 11.3 Å². The van der Waals surface area contributed by atoms with Crippen molar-refractivity contribution in [2.75, 3.05) is 0 Å². The average Bonchev–Trinajstić information content (AvgIpc) is 2.73. The second kappa shape index (κ2) is 5.91. The van der Waals surface area contributed by atoms with Crippen molar-refractivity contribution in [2.45, 2.75) is 44.4 Å². The Morgan fingerprint density at radius 3 is 3.00 bits per heavy atom. The van der Waals surface area contributed by atoms with Crippen LogP contribution in [0.15, 0.2) is 22.9 Å². The lowest BCUT2D eigenvalue weighted by Gasteiger charge is -2.22. The molecule has 3 unspecified atom stereocenters. The van der Waals surface area contributed by atoms with Crippen molar-refractivity contribution < 1.29 is 4.74 Å². The molecule has 3 atom stereocenters. The first-order chi connectivity index (χ1) is 8.19. The molecule has 4 nitrogen and oxygen atoms in total. The largest absolute Gasteiger partial charge is 0.374 e. The summed E-state index contributed by atoms with van der Waals surface area (Å²) in [6, 6.07) is 2.21. The fraction of sp³-hybridized carbons (Fsp3) is 0.583. The van der Waals surface area contributed by atoms with E-state index in [-0.39, 0.29) is 12.1 Å². The summed E-state index contributed by atoms with van der Waals surface area (Å²) >= 11 is 3.42. The number of aromatic nitrogens is 1. The van der Waals surface area contributed by atoms with Crippen molar-refractivity contribution >= 4 is 15.9 Å². The highest BCUT2D eigenvalue weighted by molar-refractivity contribution is 9.10.